The molecule has 16 heavy (non-hydrogen) atoms. The first-order valence-corrected chi connectivity index (χ1v) is 5.85. The first-order valence-electron chi connectivity index (χ1n) is 5.85. The van der Waals surface area contributed by atoms with Gasteiger partial charge in [0.1, 0.15) is 0 Å². The van der Waals surface area contributed by atoms with E-state index < -0.39 is 0 Å². The Bertz CT molecular complexity index is 504. The Kier molecular flexibility index (Phi) is 2.24. The lowest BCUT2D eigenvalue weighted by Gasteiger charge is -2.07. The van der Waals surface area contributed by atoms with E-state index in [4.69, 9.17) is 0 Å². The van der Waals surface area contributed by atoms with Crippen LogP contribution in [0.4, 0.5) is 5.69 Å². The van der Waals surface area contributed by atoms with Crippen LogP contribution < -0.4 is 5.32 Å². The first kappa shape index (κ1) is 9.58. The lowest BCUT2D eigenvalue weighted by Crippen LogP contribution is -2.05. The molecule has 3 heteroatoms. The molecule has 1 N–H and O–H groups in total. The van der Waals surface area contributed by atoms with Gasteiger partial charge in [0.25, 0.3) is 0 Å². The molecule has 3 nitrogen and oxygen atoms in total. The van der Waals surface area contributed by atoms with Gasteiger partial charge in [-0.15, -0.1) is 0 Å². The lowest BCUT2D eigenvalue weighted by atomic mass is 10.2. The summed E-state index contributed by atoms with van der Waals surface area (Å²) in [5.41, 5.74) is 2.08. The standard InChI is InChI=1S/C13H15N3/c1-2-9-7-12(9)15-13-8-14-16-11-6-4-3-5-10(11)13/h3-6,8-9,12H,2,7H2,1H3,(H,15,16). The van der Waals surface area contributed by atoms with E-state index in [-0.39, 0.29) is 0 Å². The van der Waals surface area contributed by atoms with Crippen LogP contribution in [0.25, 0.3) is 10.9 Å². The minimum atomic E-state index is 0.637. The van der Waals surface area contributed by atoms with Crippen LogP contribution >= 0.6 is 0 Å². The lowest BCUT2D eigenvalue weighted by molar-refractivity contribution is 0.775. The molecule has 1 heterocycles. The van der Waals surface area contributed by atoms with Gasteiger partial charge in [0.05, 0.1) is 17.4 Å². The molecule has 1 aliphatic carbocycles. The molecule has 1 fully saturated rings. The number of hydrogen-bond acceptors (Lipinski definition) is 3. The molecule has 3 rings (SSSR count). The fraction of sp³-hybridized carbons (Fsp3) is 0.385. The molecule has 2 atom stereocenters. The summed E-state index contributed by atoms with van der Waals surface area (Å²) < 4.78 is 0. The third-order valence-corrected chi connectivity index (χ3v) is 3.33. The Morgan fingerprint density at radius 1 is 1.38 bits per heavy atom. The molecular formula is C13H15N3. The fourth-order valence-corrected chi connectivity index (χ4v) is 2.20. The van der Waals surface area contributed by atoms with Crippen molar-refractivity contribution in [3.05, 3.63) is 30.5 Å². The predicted molar refractivity (Wildman–Crippen MR) is 65.3 cm³/mol. The molecule has 0 amide bonds. The number of anilines is 1. The van der Waals surface area contributed by atoms with Gasteiger partial charge < -0.3 is 5.32 Å². The Morgan fingerprint density at radius 2 is 2.25 bits per heavy atom. The van der Waals surface area contributed by atoms with Gasteiger partial charge >= 0.3 is 0 Å². The zero-order valence-electron chi connectivity index (χ0n) is 9.35. The zero-order chi connectivity index (χ0) is 11.0. The van der Waals surface area contributed by atoms with Gasteiger partial charge in [-0.05, 0) is 18.4 Å². The Hall–Kier alpha value is -1.64. The summed E-state index contributed by atoms with van der Waals surface area (Å²) in [7, 11) is 0. The highest BCUT2D eigenvalue weighted by Gasteiger charge is 2.35. The van der Waals surface area contributed by atoms with Gasteiger partial charge in [-0.25, -0.2) is 0 Å². The van der Waals surface area contributed by atoms with Gasteiger partial charge in [0.15, 0.2) is 0 Å². The smallest absolute Gasteiger partial charge is 0.0950 e. The Balaban J connectivity index is 1.92. The SMILES string of the molecule is CCC1CC1Nc1cnnc2ccccc12. The summed E-state index contributed by atoms with van der Waals surface area (Å²) in [5, 5.41) is 12.9. The van der Waals surface area contributed by atoms with Gasteiger partial charge in [-0.1, -0.05) is 31.5 Å². The molecule has 2 unspecified atom stereocenters. The van der Waals surface area contributed by atoms with Crippen molar-refractivity contribution >= 4 is 16.6 Å². The van der Waals surface area contributed by atoms with Crippen LogP contribution in [0.2, 0.25) is 0 Å². The molecule has 0 aliphatic heterocycles. The third-order valence-electron chi connectivity index (χ3n) is 3.33. The molecule has 2 aromatic rings. The van der Waals surface area contributed by atoms with E-state index in [1.54, 1.807) is 0 Å². The van der Waals surface area contributed by atoms with Crippen molar-refractivity contribution in [2.24, 2.45) is 5.92 Å². The predicted octanol–water partition coefficient (Wildman–Crippen LogP) is 2.84. The van der Waals surface area contributed by atoms with Gasteiger partial charge in [-0.3, -0.25) is 0 Å². The summed E-state index contributed by atoms with van der Waals surface area (Å²) in [6.07, 6.45) is 4.37. The summed E-state index contributed by atoms with van der Waals surface area (Å²) in [6.45, 7) is 2.25. The molecule has 1 aliphatic rings. The van der Waals surface area contributed by atoms with Crippen LogP contribution in [0.3, 0.4) is 0 Å². The molecule has 82 valence electrons. The third kappa shape index (κ3) is 1.62. The fourth-order valence-electron chi connectivity index (χ4n) is 2.20. The molecule has 1 aromatic carbocycles. The monoisotopic (exact) mass is 213 g/mol. The molecule has 1 aromatic heterocycles. The van der Waals surface area contributed by atoms with E-state index in [1.165, 1.54) is 18.2 Å². The van der Waals surface area contributed by atoms with Crippen molar-refractivity contribution in [1.29, 1.82) is 0 Å². The maximum atomic E-state index is 4.12. The van der Waals surface area contributed by atoms with Crippen molar-refractivity contribution in [3.8, 4) is 0 Å². The second-order valence-corrected chi connectivity index (χ2v) is 4.43. The second kappa shape index (κ2) is 3.74. The second-order valence-electron chi connectivity index (χ2n) is 4.43. The molecule has 0 saturated heterocycles. The van der Waals surface area contributed by atoms with Crippen LogP contribution in [-0.2, 0) is 0 Å². The number of aromatic nitrogens is 2. The van der Waals surface area contributed by atoms with Crippen molar-refractivity contribution < 1.29 is 0 Å². The summed E-state index contributed by atoms with van der Waals surface area (Å²) >= 11 is 0. The Labute approximate surface area is 94.9 Å². The van der Waals surface area contributed by atoms with Crippen LogP contribution in [-0.4, -0.2) is 16.2 Å². The quantitative estimate of drug-likeness (QED) is 0.852. The Morgan fingerprint density at radius 3 is 3.06 bits per heavy atom. The van der Waals surface area contributed by atoms with Crippen LogP contribution in [0.1, 0.15) is 19.8 Å². The zero-order valence-corrected chi connectivity index (χ0v) is 9.35. The number of rotatable bonds is 3. The number of fused-ring (bicyclic) bond motifs is 1. The van der Waals surface area contributed by atoms with Gasteiger partial charge in [-0.2, -0.15) is 10.2 Å². The number of hydrogen-bond donors (Lipinski definition) is 1. The van der Waals surface area contributed by atoms with E-state index in [2.05, 4.69) is 28.5 Å². The van der Waals surface area contributed by atoms with E-state index in [1.807, 2.05) is 24.4 Å². The minimum absolute atomic E-state index is 0.637. The topological polar surface area (TPSA) is 37.8 Å². The van der Waals surface area contributed by atoms with Crippen molar-refractivity contribution in [2.45, 2.75) is 25.8 Å². The number of nitrogens with zero attached hydrogens (tertiary/aromatic N) is 2. The molecular weight excluding hydrogens is 198 g/mol. The van der Waals surface area contributed by atoms with Crippen molar-refractivity contribution in [2.75, 3.05) is 5.32 Å². The molecule has 1 saturated carbocycles. The van der Waals surface area contributed by atoms with Crippen molar-refractivity contribution in [1.82, 2.24) is 10.2 Å². The first-order chi connectivity index (χ1) is 7.88. The largest absolute Gasteiger partial charge is 0.380 e. The maximum absolute atomic E-state index is 4.12. The highest BCUT2D eigenvalue weighted by atomic mass is 15.1. The maximum Gasteiger partial charge on any atom is 0.0950 e. The van der Waals surface area contributed by atoms with Crippen LogP contribution in [0.15, 0.2) is 30.5 Å². The van der Waals surface area contributed by atoms with E-state index >= 15 is 0 Å². The average Bonchev–Trinajstić information content (AvgIpc) is 3.08. The minimum Gasteiger partial charge on any atom is -0.380 e. The molecule has 0 spiro atoms. The van der Waals surface area contributed by atoms with Crippen LogP contribution in [0, 0.1) is 5.92 Å². The van der Waals surface area contributed by atoms with E-state index in [9.17, 15) is 0 Å². The molecule has 0 radical (unpaired) electrons. The van der Waals surface area contributed by atoms with Gasteiger partial charge in [0.2, 0.25) is 0 Å². The van der Waals surface area contributed by atoms with Crippen molar-refractivity contribution in [3.63, 3.8) is 0 Å². The average molecular weight is 213 g/mol. The number of nitrogens with one attached hydrogen (secondary N) is 1. The van der Waals surface area contributed by atoms with E-state index in [0.717, 1.165) is 17.1 Å². The van der Waals surface area contributed by atoms with Gasteiger partial charge in [0, 0.05) is 11.4 Å². The summed E-state index contributed by atoms with van der Waals surface area (Å²) in [6, 6.07) is 8.76. The number of benzene rings is 1. The van der Waals surface area contributed by atoms with E-state index in [0.29, 0.717) is 6.04 Å². The summed E-state index contributed by atoms with van der Waals surface area (Å²) in [5.74, 6) is 0.840. The normalized spacial score (nSPS) is 23.3. The van der Waals surface area contributed by atoms with Crippen LogP contribution in [0.5, 0.6) is 0 Å². The highest BCUT2D eigenvalue weighted by Crippen LogP contribution is 2.37. The molecule has 0 bridgehead atoms. The highest BCUT2D eigenvalue weighted by molar-refractivity contribution is 5.90. The summed E-state index contributed by atoms with van der Waals surface area (Å²) in [4.78, 5) is 0.